The zero-order valence-electron chi connectivity index (χ0n) is 12.8. The molecule has 0 aliphatic heterocycles. The molecule has 4 fully saturated rings. The van der Waals surface area contributed by atoms with Crippen LogP contribution in [0.1, 0.15) is 37.7 Å². The quantitative estimate of drug-likeness (QED) is 0.898. The number of benzene rings is 1. The third-order valence-electron chi connectivity index (χ3n) is 6.80. The van der Waals surface area contributed by atoms with Crippen molar-refractivity contribution < 1.29 is 15.0 Å². The van der Waals surface area contributed by atoms with Gasteiger partial charge in [0.05, 0.1) is 12.5 Å². The van der Waals surface area contributed by atoms with E-state index in [1.165, 1.54) is 5.56 Å². The molecule has 4 aliphatic carbocycles. The van der Waals surface area contributed by atoms with Crippen molar-refractivity contribution in [3.8, 4) is 0 Å². The van der Waals surface area contributed by atoms with Gasteiger partial charge in [0.1, 0.15) is 0 Å². The fourth-order valence-electron chi connectivity index (χ4n) is 5.96. The number of carboxylic acids is 1. The predicted octanol–water partition coefficient (Wildman–Crippen LogP) is 3.12. The topological polar surface area (TPSA) is 57.5 Å². The number of aliphatic hydroxyl groups is 1. The standard InChI is InChI=1S/C19H24O3/c20-17(21)11-19(10-12-4-2-1-3-5-12)15-6-13-7-16(19)9-14(8-15)18(13)22/h1-5,13-16,18,22H,6-11H2,(H,20,21). The first-order valence-corrected chi connectivity index (χ1v) is 8.52. The molecule has 4 saturated carbocycles. The molecule has 0 aromatic heterocycles. The zero-order valence-corrected chi connectivity index (χ0v) is 12.8. The van der Waals surface area contributed by atoms with E-state index in [-0.39, 0.29) is 17.9 Å². The van der Waals surface area contributed by atoms with E-state index in [9.17, 15) is 15.0 Å². The molecule has 0 atom stereocenters. The van der Waals surface area contributed by atoms with Gasteiger partial charge in [0.15, 0.2) is 0 Å². The van der Waals surface area contributed by atoms with Crippen LogP contribution in [0.5, 0.6) is 0 Å². The molecule has 2 N–H and O–H groups in total. The average Bonchev–Trinajstić information content (AvgIpc) is 2.46. The summed E-state index contributed by atoms with van der Waals surface area (Å²) >= 11 is 0. The van der Waals surface area contributed by atoms with Gasteiger partial charge < -0.3 is 10.2 Å². The molecule has 1 aromatic carbocycles. The highest BCUT2D eigenvalue weighted by Gasteiger charge is 2.60. The van der Waals surface area contributed by atoms with Crippen LogP contribution in [-0.2, 0) is 11.2 Å². The fraction of sp³-hybridized carbons (Fsp3) is 0.632. The molecule has 4 aliphatic rings. The number of hydrogen-bond donors (Lipinski definition) is 2. The third kappa shape index (κ3) is 2.10. The van der Waals surface area contributed by atoms with Crippen molar-refractivity contribution in [2.45, 2.75) is 44.6 Å². The van der Waals surface area contributed by atoms with Gasteiger partial charge in [-0.05, 0) is 66.8 Å². The number of carbonyl (C=O) groups is 1. The summed E-state index contributed by atoms with van der Waals surface area (Å²) < 4.78 is 0. The van der Waals surface area contributed by atoms with Crippen molar-refractivity contribution in [2.24, 2.45) is 29.1 Å². The maximum atomic E-state index is 11.6. The minimum atomic E-state index is -0.663. The largest absolute Gasteiger partial charge is 0.481 e. The summed E-state index contributed by atoms with van der Waals surface area (Å²) in [5.74, 6) is 1.11. The maximum absolute atomic E-state index is 11.6. The van der Waals surface area contributed by atoms with Gasteiger partial charge in [0, 0.05) is 0 Å². The number of aliphatic hydroxyl groups excluding tert-OH is 1. The normalized spacial score (nSPS) is 42.5. The Kier molecular flexibility index (Phi) is 3.30. The van der Waals surface area contributed by atoms with Crippen LogP contribution in [0.3, 0.4) is 0 Å². The lowest BCUT2D eigenvalue weighted by atomic mass is 9.42. The van der Waals surface area contributed by atoms with Crippen molar-refractivity contribution in [1.82, 2.24) is 0 Å². The molecule has 1 aromatic rings. The van der Waals surface area contributed by atoms with Crippen LogP contribution < -0.4 is 0 Å². The Labute approximate surface area is 131 Å². The fourth-order valence-corrected chi connectivity index (χ4v) is 5.96. The van der Waals surface area contributed by atoms with E-state index in [2.05, 4.69) is 12.1 Å². The zero-order chi connectivity index (χ0) is 15.3. The number of aliphatic carboxylic acids is 1. The maximum Gasteiger partial charge on any atom is 0.303 e. The molecule has 0 amide bonds. The van der Waals surface area contributed by atoms with Crippen LogP contribution in [-0.4, -0.2) is 22.3 Å². The van der Waals surface area contributed by atoms with Crippen LogP contribution >= 0.6 is 0 Å². The smallest absolute Gasteiger partial charge is 0.303 e. The van der Waals surface area contributed by atoms with Gasteiger partial charge in [-0.25, -0.2) is 0 Å². The lowest BCUT2D eigenvalue weighted by molar-refractivity contribution is -0.178. The highest BCUT2D eigenvalue weighted by atomic mass is 16.4. The van der Waals surface area contributed by atoms with Crippen LogP contribution in [0.4, 0.5) is 0 Å². The lowest BCUT2D eigenvalue weighted by Gasteiger charge is -2.62. The molecule has 4 bridgehead atoms. The Bertz CT molecular complexity index is 535. The molecular formula is C19H24O3. The lowest BCUT2D eigenvalue weighted by Crippen LogP contribution is -2.59. The minimum absolute atomic E-state index is 0.0969. The first kappa shape index (κ1) is 14.3. The summed E-state index contributed by atoms with van der Waals surface area (Å²) in [5, 5.41) is 19.9. The SMILES string of the molecule is O=C(O)CC1(Cc2ccccc2)C2CC3CC1CC(C2)C3O. The molecule has 5 rings (SSSR count). The van der Waals surface area contributed by atoms with E-state index in [1.807, 2.05) is 18.2 Å². The first-order chi connectivity index (χ1) is 10.6. The second-order valence-electron chi connectivity index (χ2n) is 7.81. The van der Waals surface area contributed by atoms with Gasteiger partial charge in [-0.2, -0.15) is 0 Å². The highest BCUT2D eigenvalue weighted by molar-refractivity contribution is 5.68. The van der Waals surface area contributed by atoms with Crippen molar-refractivity contribution in [3.05, 3.63) is 35.9 Å². The van der Waals surface area contributed by atoms with E-state index >= 15 is 0 Å². The summed E-state index contributed by atoms with van der Waals surface area (Å²) in [6, 6.07) is 10.4. The highest BCUT2D eigenvalue weighted by Crippen LogP contribution is 2.64. The van der Waals surface area contributed by atoms with E-state index in [1.54, 1.807) is 0 Å². The Morgan fingerprint density at radius 3 is 2.09 bits per heavy atom. The Balaban J connectivity index is 1.69. The van der Waals surface area contributed by atoms with Crippen molar-refractivity contribution >= 4 is 5.97 Å². The first-order valence-electron chi connectivity index (χ1n) is 8.52. The Morgan fingerprint density at radius 2 is 1.59 bits per heavy atom. The average molecular weight is 300 g/mol. The van der Waals surface area contributed by atoms with Gasteiger partial charge in [0.2, 0.25) is 0 Å². The van der Waals surface area contributed by atoms with Gasteiger partial charge >= 0.3 is 5.97 Å². The predicted molar refractivity (Wildman–Crippen MR) is 83.3 cm³/mol. The van der Waals surface area contributed by atoms with Crippen molar-refractivity contribution in [3.63, 3.8) is 0 Å². The summed E-state index contributed by atoms with van der Waals surface area (Å²) in [6.45, 7) is 0. The Hall–Kier alpha value is -1.35. The molecular weight excluding hydrogens is 276 g/mol. The second kappa shape index (κ2) is 5.09. The van der Waals surface area contributed by atoms with E-state index < -0.39 is 5.97 Å². The molecule has 0 heterocycles. The van der Waals surface area contributed by atoms with E-state index in [0.717, 1.165) is 32.1 Å². The third-order valence-corrected chi connectivity index (χ3v) is 6.80. The van der Waals surface area contributed by atoms with Crippen molar-refractivity contribution in [2.75, 3.05) is 0 Å². The van der Waals surface area contributed by atoms with Crippen LogP contribution in [0.25, 0.3) is 0 Å². The summed E-state index contributed by atoms with van der Waals surface area (Å²) in [6.07, 6.45) is 5.12. The van der Waals surface area contributed by atoms with Gasteiger partial charge in [0.25, 0.3) is 0 Å². The molecule has 118 valence electrons. The Morgan fingerprint density at radius 1 is 1.05 bits per heavy atom. The second-order valence-corrected chi connectivity index (χ2v) is 7.81. The number of hydrogen-bond acceptors (Lipinski definition) is 2. The van der Waals surface area contributed by atoms with Crippen LogP contribution in [0.15, 0.2) is 30.3 Å². The monoisotopic (exact) mass is 300 g/mol. The summed E-state index contributed by atoms with van der Waals surface area (Å²) in [5.41, 5.74) is 1.16. The minimum Gasteiger partial charge on any atom is -0.481 e. The number of carboxylic acid groups (broad SMARTS) is 1. The molecule has 3 nitrogen and oxygen atoms in total. The van der Waals surface area contributed by atoms with Crippen LogP contribution in [0.2, 0.25) is 0 Å². The molecule has 0 unspecified atom stereocenters. The van der Waals surface area contributed by atoms with Gasteiger partial charge in [-0.15, -0.1) is 0 Å². The summed E-state index contributed by atoms with van der Waals surface area (Å²) in [7, 11) is 0. The number of rotatable bonds is 4. The summed E-state index contributed by atoms with van der Waals surface area (Å²) in [4.78, 5) is 11.6. The molecule has 0 spiro atoms. The van der Waals surface area contributed by atoms with E-state index in [4.69, 9.17) is 0 Å². The molecule has 0 radical (unpaired) electrons. The van der Waals surface area contributed by atoms with Crippen LogP contribution in [0, 0.1) is 29.1 Å². The molecule has 22 heavy (non-hydrogen) atoms. The molecule has 0 saturated heterocycles. The van der Waals surface area contributed by atoms with Gasteiger partial charge in [-0.1, -0.05) is 30.3 Å². The molecule has 3 heteroatoms. The van der Waals surface area contributed by atoms with Crippen molar-refractivity contribution in [1.29, 1.82) is 0 Å². The van der Waals surface area contributed by atoms with Gasteiger partial charge in [-0.3, -0.25) is 4.79 Å². The van der Waals surface area contributed by atoms with E-state index in [0.29, 0.717) is 23.7 Å².